The summed E-state index contributed by atoms with van der Waals surface area (Å²) in [5, 5.41) is 6.06. The Morgan fingerprint density at radius 1 is 1.43 bits per heavy atom. The fourth-order valence-electron chi connectivity index (χ4n) is 2.65. The predicted octanol–water partition coefficient (Wildman–Crippen LogP) is 3.48. The number of nitrogens with one attached hydrogen (secondary N) is 1. The zero-order valence-corrected chi connectivity index (χ0v) is 16.9. The first-order valence-corrected chi connectivity index (χ1v) is 10.3. The van der Waals surface area contributed by atoms with Crippen LogP contribution in [0.15, 0.2) is 4.99 Å². The summed E-state index contributed by atoms with van der Waals surface area (Å²) in [5.41, 5.74) is -0.423. The number of hydrogen-bond donors (Lipinski definition) is 1. The van der Waals surface area contributed by atoms with Gasteiger partial charge in [0.25, 0.3) is 0 Å². The molecule has 1 N–H and O–H groups in total. The van der Waals surface area contributed by atoms with Crippen LogP contribution in [-0.4, -0.2) is 58.0 Å². The van der Waals surface area contributed by atoms with Crippen LogP contribution in [0.4, 0.5) is 4.79 Å². The van der Waals surface area contributed by atoms with Crippen LogP contribution in [0.1, 0.15) is 40.5 Å². The molecule has 2 aliphatic heterocycles. The molecule has 0 spiro atoms. The second-order valence-corrected chi connectivity index (χ2v) is 9.18. The molecule has 2 aliphatic rings. The van der Waals surface area contributed by atoms with Gasteiger partial charge in [-0.25, -0.2) is 4.79 Å². The van der Waals surface area contributed by atoms with Crippen molar-refractivity contribution in [1.82, 2.24) is 10.2 Å². The fourth-order valence-corrected chi connectivity index (χ4v) is 4.63. The largest absolute Gasteiger partial charge is 0.444 e. The SMILES string of the molecule is CC1NC(=NCC2CCN(C(=O)OC(C)(C)C)CC2)SC1CBr. The first-order valence-electron chi connectivity index (χ1n) is 8.30. The Hall–Kier alpha value is -0.430. The Morgan fingerprint density at radius 3 is 2.61 bits per heavy atom. The summed E-state index contributed by atoms with van der Waals surface area (Å²) in [6, 6.07) is 0.465. The molecule has 0 aliphatic carbocycles. The number of ether oxygens (including phenoxy) is 1. The van der Waals surface area contributed by atoms with Crippen molar-refractivity contribution >= 4 is 39.0 Å². The first kappa shape index (κ1) is 18.9. The van der Waals surface area contributed by atoms with E-state index < -0.39 is 5.60 Å². The lowest BCUT2D eigenvalue weighted by molar-refractivity contribution is 0.0187. The highest BCUT2D eigenvalue weighted by Crippen LogP contribution is 2.26. The molecule has 1 amide bonds. The maximum Gasteiger partial charge on any atom is 0.410 e. The van der Waals surface area contributed by atoms with E-state index in [9.17, 15) is 4.79 Å². The van der Waals surface area contributed by atoms with Gasteiger partial charge in [0.2, 0.25) is 0 Å². The van der Waals surface area contributed by atoms with Crippen LogP contribution in [0.5, 0.6) is 0 Å². The van der Waals surface area contributed by atoms with Crippen LogP contribution < -0.4 is 5.32 Å². The van der Waals surface area contributed by atoms with Crippen molar-refractivity contribution in [3.8, 4) is 0 Å². The number of piperidine rings is 1. The quantitative estimate of drug-likeness (QED) is 0.730. The molecule has 2 rings (SSSR count). The van der Waals surface area contributed by atoms with Crippen LogP contribution >= 0.6 is 27.7 Å². The standard InChI is InChI=1S/C16H28BrN3O2S/c1-11-13(9-17)23-14(19-11)18-10-12-5-7-20(8-6-12)15(21)22-16(2,3)4/h11-13H,5-10H2,1-4H3,(H,18,19). The van der Waals surface area contributed by atoms with E-state index >= 15 is 0 Å². The van der Waals surface area contributed by atoms with Gasteiger partial charge in [-0.05, 0) is 46.5 Å². The lowest BCUT2D eigenvalue weighted by atomic mass is 9.97. The van der Waals surface area contributed by atoms with Crippen molar-refractivity contribution in [3.63, 3.8) is 0 Å². The highest BCUT2D eigenvalue weighted by molar-refractivity contribution is 9.09. The molecule has 2 saturated heterocycles. The average molecular weight is 406 g/mol. The number of hydrogen-bond acceptors (Lipinski definition) is 4. The first-order chi connectivity index (χ1) is 10.8. The number of halogens is 1. The van der Waals surface area contributed by atoms with Crippen molar-refractivity contribution < 1.29 is 9.53 Å². The molecular weight excluding hydrogens is 378 g/mol. The second-order valence-electron chi connectivity index (χ2n) is 7.30. The van der Waals surface area contributed by atoms with Gasteiger partial charge in [0, 0.05) is 36.3 Å². The van der Waals surface area contributed by atoms with E-state index in [-0.39, 0.29) is 6.09 Å². The van der Waals surface area contributed by atoms with Crippen molar-refractivity contribution in [1.29, 1.82) is 0 Å². The Kier molecular flexibility index (Phi) is 6.66. The summed E-state index contributed by atoms with van der Waals surface area (Å²) in [6.45, 7) is 10.3. The third kappa shape index (κ3) is 5.85. The van der Waals surface area contributed by atoms with E-state index in [4.69, 9.17) is 9.73 Å². The monoisotopic (exact) mass is 405 g/mol. The number of rotatable bonds is 3. The van der Waals surface area contributed by atoms with Crippen LogP contribution in [0.25, 0.3) is 0 Å². The Balaban J connectivity index is 1.74. The van der Waals surface area contributed by atoms with E-state index in [2.05, 4.69) is 28.2 Å². The molecule has 0 radical (unpaired) electrons. The molecule has 0 aromatic rings. The summed E-state index contributed by atoms with van der Waals surface area (Å²) >= 11 is 5.37. The number of alkyl halides is 1. The fraction of sp³-hybridized carbons (Fsp3) is 0.875. The summed E-state index contributed by atoms with van der Waals surface area (Å²) in [5.74, 6) is 0.557. The number of nitrogens with zero attached hydrogens (tertiary/aromatic N) is 2. The number of amides is 1. The highest BCUT2D eigenvalue weighted by Gasteiger charge is 2.29. The van der Waals surface area contributed by atoms with Crippen LogP contribution in [-0.2, 0) is 4.74 Å². The van der Waals surface area contributed by atoms with Gasteiger partial charge in [0.1, 0.15) is 5.60 Å². The van der Waals surface area contributed by atoms with Gasteiger partial charge in [-0.1, -0.05) is 27.7 Å². The maximum atomic E-state index is 12.1. The normalized spacial score (nSPS) is 28.0. The van der Waals surface area contributed by atoms with Crippen LogP contribution in [0, 0.1) is 5.92 Å². The number of aliphatic imine (C=N–C) groups is 1. The topological polar surface area (TPSA) is 53.9 Å². The van der Waals surface area contributed by atoms with E-state index in [0.29, 0.717) is 17.2 Å². The minimum absolute atomic E-state index is 0.190. The minimum Gasteiger partial charge on any atom is -0.444 e. The molecule has 132 valence electrons. The van der Waals surface area contributed by atoms with Crippen LogP contribution in [0.2, 0.25) is 0 Å². The van der Waals surface area contributed by atoms with E-state index in [1.165, 1.54) is 0 Å². The number of amidine groups is 1. The van der Waals surface area contributed by atoms with Gasteiger partial charge in [0.15, 0.2) is 5.17 Å². The third-order valence-corrected chi connectivity index (χ3v) is 6.56. The third-order valence-electron chi connectivity index (χ3n) is 4.08. The summed E-state index contributed by atoms with van der Waals surface area (Å²) in [7, 11) is 0. The van der Waals surface area contributed by atoms with Crippen molar-refractivity contribution in [2.75, 3.05) is 25.0 Å². The van der Waals surface area contributed by atoms with E-state index in [0.717, 1.165) is 43.0 Å². The van der Waals surface area contributed by atoms with Crippen molar-refractivity contribution in [2.45, 2.75) is 57.4 Å². The van der Waals surface area contributed by atoms with Gasteiger partial charge in [0.05, 0.1) is 0 Å². The molecule has 2 fully saturated rings. The molecule has 0 aromatic carbocycles. The molecule has 2 heterocycles. The number of likely N-dealkylation sites (tertiary alicyclic amines) is 1. The van der Waals surface area contributed by atoms with Gasteiger partial charge in [-0.15, -0.1) is 0 Å². The predicted molar refractivity (Wildman–Crippen MR) is 101 cm³/mol. The van der Waals surface area contributed by atoms with E-state index in [1.807, 2.05) is 37.4 Å². The zero-order valence-electron chi connectivity index (χ0n) is 14.5. The molecular formula is C16H28BrN3O2S. The molecule has 5 nitrogen and oxygen atoms in total. The van der Waals surface area contributed by atoms with Crippen molar-refractivity contribution in [2.24, 2.45) is 10.9 Å². The van der Waals surface area contributed by atoms with Gasteiger partial charge < -0.3 is 15.0 Å². The number of carbonyl (C=O) groups excluding carboxylic acids is 1. The summed E-state index contributed by atoms with van der Waals surface area (Å²) in [4.78, 5) is 18.6. The average Bonchev–Trinajstić information content (AvgIpc) is 2.84. The lowest BCUT2D eigenvalue weighted by Gasteiger charge is -2.33. The number of carbonyl (C=O) groups is 1. The zero-order chi connectivity index (χ0) is 17.0. The molecule has 23 heavy (non-hydrogen) atoms. The smallest absolute Gasteiger partial charge is 0.410 e. The van der Waals surface area contributed by atoms with Crippen molar-refractivity contribution in [3.05, 3.63) is 0 Å². The molecule has 0 saturated carbocycles. The molecule has 2 unspecified atom stereocenters. The molecule has 0 bridgehead atoms. The van der Waals surface area contributed by atoms with Crippen LogP contribution in [0.3, 0.4) is 0 Å². The molecule has 7 heteroatoms. The number of thioether (sulfide) groups is 1. The molecule has 0 aromatic heterocycles. The van der Waals surface area contributed by atoms with Gasteiger partial charge >= 0.3 is 6.09 Å². The summed E-state index contributed by atoms with van der Waals surface area (Å²) in [6.07, 6.45) is 1.81. The maximum absolute atomic E-state index is 12.1. The Bertz CT molecular complexity index is 445. The van der Waals surface area contributed by atoms with Gasteiger partial charge in [-0.2, -0.15) is 0 Å². The van der Waals surface area contributed by atoms with Gasteiger partial charge in [-0.3, -0.25) is 4.99 Å². The summed E-state index contributed by atoms with van der Waals surface area (Å²) < 4.78 is 5.43. The highest BCUT2D eigenvalue weighted by atomic mass is 79.9. The minimum atomic E-state index is -0.423. The molecule has 2 atom stereocenters. The Morgan fingerprint density at radius 2 is 2.09 bits per heavy atom. The Labute approximate surface area is 152 Å². The van der Waals surface area contributed by atoms with E-state index in [1.54, 1.807) is 0 Å². The lowest BCUT2D eigenvalue weighted by Crippen LogP contribution is -2.42. The second kappa shape index (κ2) is 8.10.